The summed E-state index contributed by atoms with van der Waals surface area (Å²) in [5.41, 5.74) is 0.920. The molecule has 0 unspecified atom stereocenters. The van der Waals surface area contributed by atoms with Gasteiger partial charge in [-0.25, -0.2) is 13.4 Å². The minimum atomic E-state index is -3.54. The summed E-state index contributed by atoms with van der Waals surface area (Å²) < 4.78 is 27.2. The van der Waals surface area contributed by atoms with Crippen LogP contribution in [0.15, 0.2) is 52.0 Å². The molecule has 21 heavy (non-hydrogen) atoms. The largest absolute Gasteiger partial charge is 0.373 e. The van der Waals surface area contributed by atoms with Crippen LogP contribution in [0, 0.1) is 0 Å². The van der Waals surface area contributed by atoms with E-state index in [9.17, 15) is 8.42 Å². The normalized spacial score (nSPS) is 11.6. The highest BCUT2D eigenvalue weighted by molar-refractivity contribution is 9.10. The zero-order valence-corrected chi connectivity index (χ0v) is 14.1. The third-order valence-corrected chi connectivity index (χ3v) is 5.33. The first-order valence-corrected chi connectivity index (χ1v) is 8.51. The van der Waals surface area contributed by atoms with Crippen LogP contribution in [-0.2, 0) is 16.6 Å². The van der Waals surface area contributed by atoms with Crippen LogP contribution in [0.4, 0.5) is 5.82 Å². The Bertz CT molecular complexity index is 700. The van der Waals surface area contributed by atoms with Gasteiger partial charge in [0.25, 0.3) is 0 Å². The molecule has 0 radical (unpaired) electrons. The fourth-order valence-corrected chi connectivity index (χ4v) is 3.16. The third kappa shape index (κ3) is 3.81. The van der Waals surface area contributed by atoms with Crippen molar-refractivity contribution in [2.24, 2.45) is 0 Å². The van der Waals surface area contributed by atoms with E-state index in [4.69, 9.17) is 0 Å². The number of benzene rings is 1. The molecule has 1 heterocycles. The molecule has 1 aromatic carbocycles. The molecule has 0 aliphatic carbocycles. The molecule has 5 nitrogen and oxygen atoms in total. The second kappa shape index (κ2) is 6.55. The molecule has 0 fully saturated rings. The lowest BCUT2D eigenvalue weighted by Crippen LogP contribution is -2.26. The molecule has 0 saturated carbocycles. The summed E-state index contributed by atoms with van der Waals surface area (Å²) in [7, 11) is -0.250. The fourth-order valence-electron chi connectivity index (χ4n) is 1.79. The molecule has 2 aromatic rings. The number of rotatable bonds is 5. The van der Waals surface area contributed by atoms with E-state index in [0.717, 1.165) is 10.0 Å². The second-order valence-electron chi connectivity index (χ2n) is 4.52. The van der Waals surface area contributed by atoms with E-state index >= 15 is 0 Å². The van der Waals surface area contributed by atoms with Gasteiger partial charge in [0, 0.05) is 31.3 Å². The molecule has 2 rings (SSSR count). The quantitative estimate of drug-likeness (QED) is 0.879. The molecule has 112 valence electrons. The number of pyridine rings is 1. The van der Waals surface area contributed by atoms with Crippen LogP contribution < -0.4 is 5.32 Å². The number of nitrogens with one attached hydrogen (secondary N) is 1. The Labute approximate surface area is 133 Å². The SMILES string of the molecule is CNc1ccc(S(=O)(=O)N(C)Cc2ccc(Br)cc2)cn1. The van der Waals surface area contributed by atoms with E-state index in [1.807, 2.05) is 24.3 Å². The Morgan fingerprint density at radius 2 is 1.86 bits per heavy atom. The van der Waals surface area contributed by atoms with Crippen LogP contribution in [-0.4, -0.2) is 31.8 Å². The second-order valence-corrected chi connectivity index (χ2v) is 7.48. The average molecular weight is 370 g/mol. The van der Waals surface area contributed by atoms with E-state index in [2.05, 4.69) is 26.2 Å². The summed E-state index contributed by atoms with van der Waals surface area (Å²) >= 11 is 3.36. The van der Waals surface area contributed by atoms with Gasteiger partial charge in [-0.2, -0.15) is 4.31 Å². The van der Waals surface area contributed by atoms with Gasteiger partial charge >= 0.3 is 0 Å². The highest BCUT2D eigenvalue weighted by Crippen LogP contribution is 2.18. The van der Waals surface area contributed by atoms with Crippen LogP contribution >= 0.6 is 15.9 Å². The van der Waals surface area contributed by atoms with Crippen LogP contribution in [0.3, 0.4) is 0 Å². The predicted molar refractivity (Wildman–Crippen MR) is 86.6 cm³/mol. The number of aromatic nitrogens is 1. The molecule has 0 aliphatic heterocycles. The van der Waals surface area contributed by atoms with Crippen LogP contribution in [0.25, 0.3) is 0 Å². The van der Waals surface area contributed by atoms with Gasteiger partial charge in [-0.1, -0.05) is 28.1 Å². The molecular formula is C14H16BrN3O2S. The molecule has 1 aromatic heterocycles. The van der Waals surface area contributed by atoms with E-state index in [0.29, 0.717) is 12.4 Å². The maximum Gasteiger partial charge on any atom is 0.244 e. The lowest BCUT2D eigenvalue weighted by molar-refractivity contribution is 0.466. The highest BCUT2D eigenvalue weighted by atomic mass is 79.9. The molecule has 0 amide bonds. The van der Waals surface area contributed by atoms with Crippen molar-refractivity contribution in [3.05, 3.63) is 52.6 Å². The maximum absolute atomic E-state index is 12.5. The highest BCUT2D eigenvalue weighted by Gasteiger charge is 2.21. The molecule has 0 bridgehead atoms. The summed E-state index contributed by atoms with van der Waals surface area (Å²) in [6.07, 6.45) is 1.36. The van der Waals surface area contributed by atoms with E-state index in [-0.39, 0.29) is 4.90 Å². The summed E-state index contributed by atoms with van der Waals surface area (Å²) in [6, 6.07) is 10.7. The Morgan fingerprint density at radius 3 is 2.38 bits per heavy atom. The summed E-state index contributed by atoms with van der Waals surface area (Å²) in [6.45, 7) is 0.309. The zero-order valence-electron chi connectivity index (χ0n) is 11.7. The number of sulfonamides is 1. The van der Waals surface area contributed by atoms with Crippen molar-refractivity contribution in [3.63, 3.8) is 0 Å². The van der Waals surface area contributed by atoms with Crippen molar-refractivity contribution < 1.29 is 8.42 Å². The van der Waals surface area contributed by atoms with Crippen LogP contribution in [0.2, 0.25) is 0 Å². The molecule has 7 heteroatoms. The lowest BCUT2D eigenvalue weighted by Gasteiger charge is -2.17. The minimum Gasteiger partial charge on any atom is -0.373 e. The molecule has 0 saturated heterocycles. The number of hydrogen-bond acceptors (Lipinski definition) is 4. The number of halogens is 1. The first-order chi connectivity index (χ1) is 9.93. The van der Waals surface area contributed by atoms with Gasteiger partial charge in [-0.05, 0) is 29.8 Å². The summed E-state index contributed by atoms with van der Waals surface area (Å²) in [4.78, 5) is 4.22. The van der Waals surface area contributed by atoms with E-state index in [1.54, 1.807) is 26.2 Å². The number of nitrogens with zero attached hydrogens (tertiary/aromatic N) is 2. The van der Waals surface area contributed by atoms with Crippen molar-refractivity contribution in [1.29, 1.82) is 0 Å². The Hall–Kier alpha value is -1.44. The monoisotopic (exact) mass is 369 g/mol. The van der Waals surface area contributed by atoms with Gasteiger partial charge in [-0.3, -0.25) is 0 Å². The van der Waals surface area contributed by atoms with Gasteiger partial charge in [-0.15, -0.1) is 0 Å². The van der Waals surface area contributed by atoms with Gasteiger partial charge in [0.2, 0.25) is 10.0 Å². The van der Waals surface area contributed by atoms with Crippen molar-refractivity contribution in [1.82, 2.24) is 9.29 Å². The third-order valence-electron chi connectivity index (χ3n) is 3.02. The molecule has 0 spiro atoms. The van der Waals surface area contributed by atoms with Gasteiger partial charge in [0.05, 0.1) is 0 Å². The van der Waals surface area contributed by atoms with Crippen LogP contribution in [0.5, 0.6) is 0 Å². The molecular weight excluding hydrogens is 354 g/mol. The average Bonchev–Trinajstić information content (AvgIpc) is 2.49. The first-order valence-electron chi connectivity index (χ1n) is 6.28. The van der Waals surface area contributed by atoms with Crippen LogP contribution in [0.1, 0.15) is 5.56 Å². The van der Waals surface area contributed by atoms with Crippen molar-refractivity contribution >= 4 is 31.8 Å². The number of anilines is 1. The van der Waals surface area contributed by atoms with E-state index < -0.39 is 10.0 Å². The Morgan fingerprint density at radius 1 is 1.19 bits per heavy atom. The van der Waals surface area contributed by atoms with Gasteiger partial charge in [0.15, 0.2) is 0 Å². The lowest BCUT2D eigenvalue weighted by atomic mass is 10.2. The first kappa shape index (κ1) is 15.9. The predicted octanol–water partition coefficient (Wildman–Crippen LogP) is 2.71. The Balaban J connectivity index is 2.19. The van der Waals surface area contributed by atoms with E-state index in [1.165, 1.54) is 10.5 Å². The minimum absolute atomic E-state index is 0.182. The zero-order chi connectivity index (χ0) is 15.5. The summed E-state index contributed by atoms with van der Waals surface area (Å²) in [5.74, 6) is 0.629. The molecule has 0 aliphatic rings. The summed E-state index contributed by atoms with van der Waals surface area (Å²) in [5, 5.41) is 2.86. The molecule has 0 atom stereocenters. The smallest absolute Gasteiger partial charge is 0.244 e. The van der Waals surface area contributed by atoms with Crippen molar-refractivity contribution in [2.45, 2.75) is 11.4 Å². The van der Waals surface area contributed by atoms with Crippen molar-refractivity contribution in [2.75, 3.05) is 19.4 Å². The van der Waals surface area contributed by atoms with Crippen molar-refractivity contribution in [3.8, 4) is 0 Å². The topological polar surface area (TPSA) is 62.3 Å². The van der Waals surface area contributed by atoms with Gasteiger partial charge < -0.3 is 5.32 Å². The standard InChI is InChI=1S/C14H16BrN3O2S/c1-16-14-8-7-13(9-17-14)21(19,20)18(2)10-11-3-5-12(15)6-4-11/h3-9H,10H2,1-2H3,(H,16,17). The molecule has 1 N–H and O–H groups in total. The fraction of sp³-hybridized carbons (Fsp3) is 0.214. The Kier molecular flexibility index (Phi) is 4.97. The number of hydrogen-bond donors (Lipinski definition) is 1. The van der Waals surface area contributed by atoms with Gasteiger partial charge in [0.1, 0.15) is 10.7 Å². The maximum atomic E-state index is 12.5.